The van der Waals surface area contributed by atoms with Gasteiger partial charge in [-0.2, -0.15) is 0 Å². The summed E-state index contributed by atoms with van der Waals surface area (Å²) >= 11 is 3.45. The van der Waals surface area contributed by atoms with Crippen molar-refractivity contribution in [3.05, 3.63) is 34.3 Å². The summed E-state index contributed by atoms with van der Waals surface area (Å²) in [5, 5.41) is 9.25. The van der Waals surface area contributed by atoms with E-state index in [1.54, 1.807) is 13.8 Å². The zero-order chi connectivity index (χ0) is 13.9. The van der Waals surface area contributed by atoms with Crippen LogP contribution in [-0.2, 0) is 4.79 Å². The van der Waals surface area contributed by atoms with Gasteiger partial charge in [-0.15, -0.1) is 0 Å². The van der Waals surface area contributed by atoms with Crippen molar-refractivity contribution >= 4 is 21.9 Å². The van der Waals surface area contributed by atoms with Crippen molar-refractivity contribution in [2.45, 2.75) is 26.3 Å². The van der Waals surface area contributed by atoms with E-state index in [0.29, 0.717) is 6.42 Å². The Bertz CT molecular complexity index is 430. The molecule has 0 fully saturated rings. The van der Waals surface area contributed by atoms with Gasteiger partial charge in [0.1, 0.15) is 0 Å². The summed E-state index contributed by atoms with van der Waals surface area (Å²) in [6.45, 7) is 3.54. The van der Waals surface area contributed by atoms with E-state index in [0.717, 1.165) is 10.0 Å². The fourth-order valence-corrected chi connectivity index (χ4v) is 2.30. The topological polar surface area (TPSA) is 40.5 Å². The largest absolute Gasteiger partial charge is 0.481 e. The molecule has 0 bridgehead atoms. The van der Waals surface area contributed by atoms with Gasteiger partial charge < -0.3 is 10.0 Å². The van der Waals surface area contributed by atoms with Crippen LogP contribution >= 0.6 is 15.9 Å². The minimum atomic E-state index is -0.760. The standard InChI is InChI=1S/C14H20BrNO2/c1-14(2,13(17)18)9-12(16(3)4)10-6-5-7-11(15)8-10/h5-8,12H,9H2,1-4H3,(H,17,18). The van der Waals surface area contributed by atoms with Crippen LogP contribution in [0.3, 0.4) is 0 Å². The molecule has 0 aliphatic rings. The molecule has 1 rings (SSSR count). The van der Waals surface area contributed by atoms with E-state index in [2.05, 4.69) is 20.8 Å². The maximum atomic E-state index is 11.2. The molecule has 3 nitrogen and oxygen atoms in total. The highest BCUT2D eigenvalue weighted by atomic mass is 79.9. The van der Waals surface area contributed by atoms with Gasteiger partial charge in [0.15, 0.2) is 0 Å². The molecule has 0 aromatic heterocycles. The molecule has 1 atom stereocenters. The van der Waals surface area contributed by atoms with E-state index >= 15 is 0 Å². The van der Waals surface area contributed by atoms with Crippen LogP contribution in [0.5, 0.6) is 0 Å². The van der Waals surface area contributed by atoms with E-state index in [1.807, 2.05) is 38.4 Å². The lowest BCUT2D eigenvalue weighted by atomic mass is 9.83. The van der Waals surface area contributed by atoms with Gasteiger partial charge in [0.25, 0.3) is 0 Å². The van der Waals surface area contributed by atoms with Gasteiger partial charge in [0, 0.05) is 10.5 Å². The van der Waals surface area contributed by atoms with Gasteiger partial charge in [-0.05, 0) is 52.1 Å². The maximum absolute atomic E-state index is 11.2. The summed E-state index contributed by atoms with van der Waals surface area (Å²) in [6.07, 6.45) is 0.575. The molecule has 0 aliphatic heterocycles. The van der Waals surface area contributed by atoms with Crippen molar-refractivity contribution in [2.24, 2.45) is 5.41 Å². The third-order valence-electron chi connectivity index (χ3n) is 3.14. The van der Waals surface area contributed by atoms with Crippen LogP contribution in [0.1, 0.15) is 31.9 Å². The number of rotatable bonds is 5. The van der Waals surface area contributed by atoms with Crippen molar-refractivity contribution in [2.75, 3.05) is 14.1 Å². The van der Waals surface area contributed by atoms with E-state index in [-0.39, 0.29) is 6.04 Å². The zero-order valence-electron chi connectivity index (χ0n) is 11.3. The van der Waals surface area contributed by atoms with E-state index in [9.17, 15) is 9.90 Å². The minimum Gasteiger partial charge on any atom is -0.481 e. The van der Waals surface area contributed by atoms with Crippen molar-refractivity contribution in [1.29, 1.82) is 0 Å². The van der Waals surface area contributed by atoms with E-state index in [1.165, 1.54) is 0 Å². The molecule has 0 spiro atoms. The second-order valence-corrected chi connectivity index (χ2v) is 6.34. The van der Waals surface area contributed by atoms with Crippen LogP contribution in [0.25, 0.3) is 0 Å². The van der Waals surface area contributed by atoms with Crippen LogP contribution in [0.15, 0.2) is 28.7 Å². The highest BCUT2D eigenvalue weighted by Crippen LogP contribution is 2.34. The minimum absolute atomic E-state index is 0.0913. The van der Waals surface area contributed by atoms with Gasteiger partial charge in [-0.1, -0.05) is 28.1 Å². The number of carbonyl (C=O) groups is 1. The second kappa shape index (κ2) is 5.85. The fourth-order valence-electron chi connectivity index (χ4n) is 1.88. The number of carboxylic acid groups (broad SMARTS) is 1. The first kappa shape index (κ1) is 15.2. The van der Waals surface area contributed by atoms with Crippen molar-refractivity contribution in [3.63, 3.8) is 0 Å². The Balaban J connectivity index is 3.01. The summed E-state index contributed by atoms with van der Waals surface area (Å²) in [5.41, 5.74) is 0.390. The molecular formula is C14H20BrNO2. The monoisotopic (exact) mass is 313 g/mol. The maximum Gasteiger partial charge on any atom is 0.309 e. The number of nitrogens with zero attached hydrogens (tertiary/aromatic N) is 1. The predicted molar refractivity (Wildman–Crippen MR) is 76.6 cm³/mol. The first-order chi connectivity index (χ1) is 8.24. The van der Waals surface area contributed by atoms with Crippen molar-refractivity contribution in [3.8, 4) is 0 Å². The lowest BCUT2D eigenvalue weighted by Crippen LogP contribution is -2.31. The van der Waals surface area contributed by atoms with E-state index < -0.39 is 11.4 Å². The van der Waals surface area contributed by atoms with Crippen molar-refractivity contribution < 1.29 is 9.90 Å². The highest BCUT2D eigenvalue weighted by Gasteiger charge is 2.32. The normalized spacial score (nSPS) is 13.7. The van der Waals surface area contributed by atoms with Gasteiger partial charge in [-0.3, -0.25) is 4.79 Å². The number of carboxylic acids is 1. The average molecular weight is 314 g/mol. The molecule has 1 N–H and O–H groups in total. The SMILES string of the molecule is CN(C)C(CC(C)(C)C(=O)O)c1cccc(Br)c1. The Kier molecular flexibility index (Phi) is 4.93. The summed E-state index contributed by atoms with van der Waals surface area (Å²) < 4.78 is 1.01. The molecule has 1 unspecified atom stereocenters. The summed E-state index contributed by atoms with van der Waals surface area (Å²) in [6, 6.07) is 8.12. The summed E-state index contributed by atoms with van der Waals surface area (Å²) in [4.78, 5) is 13.3. The zero-order valence-corrected chi connectivity index (χ0v) is 12.9. The number of halogens is 1. The first-order valence-electron chi connectivity index (χ1n) is 5.89. The van der Waals surface area contributed by atoms with E-state index in [4.69, 9.17) is 0 Å². The highest BCUT2D eigenvalue weighted by molar-refractivity contribution is 9.10. The molecule has 0 amide bonds. The number of hydrogen-bond acceptors (Lipinski definition) is 2. The Morgan fingerprint density at radius 1 is 1.44 bits per heavy atom. The average Bonchev–Trinajstić information content (AvgIpc) is 2.25. The summed E-state index contributed by atoms with van der Waals surface area (Å²) in [5.74, 6) is -0.760. The van der Waals surface area contributed by atoms with Gasteiger partial charge in [-0.25, -0.2) is 0 Å². The number of hydrogen-bond donors (Lipinski definition) is 1. The van der Waals surface area contributed by atoms with Gasteiger partial charge in [0.2, 0.25) is 0 Å². The number of benzene rings is 1. The van der Waals surface area contributed by atoms with Crippen LogP contribution in [0.2, 0.25) is 0 Å². The molecule has 0 aliphatic carbocycles. The fraction of sp³-hybridized carbons (Fsp3) is 0.500. The lowest BCUT2D eigenvalue weighted by Gasteiger charge is -2.31. The third-order valence-corrected chi connectivity index (χ3v) is 3.63. The molecule has 1 aromatic rings. The quantitative estimate of drug-likeness (QED) is 0.903. The number of aliphatic carboxylic acids is 1. The molecule has 18 heavy (non-hydrogen) atoms. The second-order valence-electron chi connectivity index (χ2n) is 5.43. The lowest BCUT2D eigenvalue weighted by molar-refractivity contribution is -0.148. The third kappa shape index (κ3) is 3.82. The molecule has 4 heteroatoms. The smallest absolute Gasteiger partial charge is 0.309 e. The Morgan fingerprint density at radius 2 is 2.06 bits per heavy atom. The van der Waals surface area contributed by atoms with Crippen LogP contribution < -0.4 is 0 Å². The Hall–Kier alpha value is -0.870. The molecule has 0 heterocycles. The van der Waals surface area contributed by atoms with Crippen LogP contribution in [0, 0.1) is 5.41 Å². The molecule has 100 valence electrons. The molecule has 0 radical (unpaired) electrons. The first-order valence-corrected chi connectivity index (χ1v) is 6.68. The van der Waals surface area contributed by atoms with Gasteiger partial charge >= 0.3 is 5.97 Å². The Morgan fingerprint density at radius 3 is 2.50 bits per heavy atom. The predicted octanol–water partition coefficient (Wildman–Crippen LogP) is 3.55. The molecule has 1 aromatic carbocycles. The molecule has 0 saturated carbocycles. The van der Waals surface area contributed by atoms with Crippen molar-refractivity contribution in [1.82, 2.24) is 4.90 Å². The van der Waals surface area contributed by atoms with Gasteiger partial charge in [0.05, 0.1) is 5.41 Å². The molecule has 0 saturated heterocycles. The molecular weight excluding hydrogens is 294 g/mol. The van der Waals surface area contributed by atoms with Crippen LogP contribution in [-0.4, -0.2) is 30.1 Å². The summed E-state index contributed by atoms with van der Waals surface area (Å²) in [7, 11) is 3.95. The van der Waals surface area contributed by atoms with Crippen LogP contribution in [0.4, 0.5) is 0 Å². The Labute approximate surface area is 117 Å².